The maximum Gasteiger partial charge on any atom is 0.235 e. The molecular weight excluding hydrogens is 298 g/mol. The number of amides is 1. The SMILES string of the molecule is O=C1Nc2ccccc2C12CCCCC2c1nc2ccccc2[nH]1. The number of hydrogen-bond acceptors (Lipinski definition) is 2. The maximum atomic E-state index is 13.1. The molecule has 2 heterocycles. The summed E-state index contributed by atoms with van der Waals surface area (Å²) in [6, 6.07) is 16.2. The van der Waals surface area contributed by atoms with E-state index in [0.717, 1.165) is 53.8 Å². The third kappa shape index (κ3) is 1.74. The van der Waals surface area contributed by atoms with Gasteiger partial charge in [-0.2, -0.15) is 0 Å². The van der Waals surface area contributed by atoms with Gasteiger partial charge in [0.25, 0.3) is 0 Å². The maximum absolute atomic E-state index is 13.1. The molecule has 3 aromatic rings. The molecule has 0 bridgehead atoms. The number of benzene rings is 2. The molecule has 2 unspecified atom stereocenters. The predicted octanol–water partition coefficient (Wildman–Crippen LogP) is 4.11. The fourth-order valence-corrected chi connectivity index (χ4v) is 4.61. The molecule has 4 heteroatoms. The van der Waals surface area contributed by atoms with Crippen LogP contribution in [-0.4, -0.2) is 15.9 Å². The van der Waals surface area contributed by atoms with E-state index < -0.39 is 5.41 Å². The highest BCUT2D eigenvalue weighted by Gasteiger charge is 2.54. The molecule has 1 aromatic heterocycles. The van der Waals surface area contributed by atoms with Crippen molar-refractivity contribution in [2.45, 2.75) is 37.0 Å². The van der Waals surface area contributed by atoms with Gasteiger partial charge in [-0.1, -0.05) is 43.2 Å². The van der Waals surface area contributed by atoms with Crippen molar-refractivity contribution in [2.24, 2.45) is 0 Å². The molecule has 2 aromatic carbocycles. The Balaban J connectivity index is 1.70. The Labute approximate surface area is 140 Å². The molecule has 120 valence electrons. The number of rotatable bonds is 1. The summed E-state index contributed by atoms with van der Waals surface area (Å²) in [5, 5.41) is 3.11. The van der Waals surface area contributed by atoms with Crippen LogP contribution in [0.2, 0.25) is 0 Å². The van der Waals surface area contributed by atoms with Crippen LogP contribution in [0.5, 0.6) is 0 Å². The zero-order chi connectivity index (χ0) is 16.1. The van der Waals surface area contributed by atoms with Crippen molar-refractivity contribution in [1.82, 2.24) is 9.97 Å². The Hall–Kier alpha value is -2.62. The van der Waals surface area contributed by atoms with Gasteiger partial charge in [-0.05, 0) is 36.6 Å². The minimum atomic E-state index is -0.483. The molecule has 4 nitrogen and oxygen atoms in total. The van der Waals surface area contributed by atoms with Gasteiger partial charge in [0.1, 0.15) is 5.82 Å². The van der Waals surface area contributed by atoms with Crippen molar-refractivity contribution in [3.63, 3.8) is 0 Å². The van der Waals surface area contributed by atoms with E-state index >= 15 is 0 Å². The van der Waals surface area contributed by atoms with E-state index in [1.165, 1.54) is 0 Å². The number of aromatic nitrogens is 2. The van der Waals surface area contributed by atoms with Gasteiger partial charge >= 0.3 is 0 Å². The smallest absolute Gasteiger partial charge is 0.235 e. The number of para-hydroxylation sites is 3. The number of carbonyl (C=O) groups is 1. The molecule has 1 spiro atoms. The Kier molecular flexibility index (Phi) is 2.84. The van der Waals surface area contributed by atoms with Crippen molar-refractivity contribution < 1.29 is 4.79 Å². The molecule has 1 fully saturated rings. The highest BCUT2D eigenvalue weighted by molar-refractivity contribution is 6.07. The van der Waals surface area contributed by atoms with Gasteiger partial charge in [0.05, 0.1) is 16.4 Å². The van der Waals surface area contributed by atoms with Crippen LogP contribution in [0.1, 0.15) is 43.0 Å². The van der Waals surface area contributed by atoms with Crippen molar-refractivity contribution in [3.8, 4) is 0 Å². The summed E-state index contributed by atoms with van der Waals surface area (Å²) in [7, 11) is 0. The van der Waals surface area contributed by atoms with Gasteiger partial charge in [-0.15, -0.1) is 0 Å². The van der Waals surface area contributed by atoms with Crippen LogP contribution in [0.25, 0.3) is 11.0 Å². The minimum Gasteiger partial charge on any atom is -0.342 e. The van der Waals surface area contributed by atoms with Gasteiger partial charge in [0.2, 0.25) is 5.91 Å². The monoisotopic (exact) mass is 317 g/mol. The quantitative estimate of drug-likeness (QED) is 0.709. The van der Waals surface area contributed by atoms with Crippen LogP contribution in [0, 0.1) is 0 Å². The predicted molar refractivity (Wildman–Crippen MR) is 94.1 cm³/mol. The highest BCUT2D eigenvalue weighted by Crippen LogP contribution is 2.54. The van der Waals surface area contributed by atoms with E-state index in [4.69, 9.17) is 4.98 Å². The van der Waals surface area contributed by atoms with E-state index in [2.05, 4.69) is 16.4 Å². The van der Waals surface area contributed by atoms with Crippen molar-refractivity contribution in [2.75, 3.05) is 5.32 Å². The fourth-order valence-electron chi connectivity index (χ4n) is 4.61. The molecule has 2 aliphatic rings. The van der Waals surface area contributed by atoms with Crippen LogP contribution in [0.4, 0.5) is 5.69 Å². The van der Waals surface area contributed by atoms with E-state index in [-0.39, 0.29) is 11.8 Å². The molecule has 1 aliphatic heterocycles. The zero-order valence-corrected chi connectivity index (χ0v) is 13.4. The third-order valence-electron chi connectivity index (χ3n) is 5.71. The average molecular weight is 317 g/mol. The summed E-state index contributed by atoms with van der Waals surface area (Å²) >= 11 is 0. The van der Waals surface area contributed by atoms with Crippen molar-refractivity contribution in [3.05, 3.63) is 59.9 Å². The van der Waals surface area contributed by atoms with Crippen LogP contribution in [-0.2, 0) is 10.2 Å². The first-order valence-corrected chi connectivity index (χ1v) is 8.65. The number of nitrogens with zero attached hydrogens (tertiary/aromatic N) is 1. The first kappa shape index (κ1) is 13.8. The van der Waals surface area contributed by atoms with E-state index in [9.17, 15) is 4.79 Å². The molecule has 0 radical (unpaired) electrons. The van der Waals surface area contributed by atoms with Gasteiger partial charge in [-0.25, -0.2) is 4.98 Å². The minimum absolute atomic E-state index is 0.0994. The number of carbonyl (C=O) groups excluding carboxylic acids is 1. The number of aromatic amines is 1. The zero-order valence-electron chi connectivity index (χ0n) is 13.4. The third-order valence-corrected chi connectivity index (χ3v) is 5.71. The molecule has 2 N–H and O–H groups in total. The van der Waals surface area contributed by atoms with Crippen LogP contribution >= 0.6 is 0 Å². The Morgan fingerprint density at radius 1 is 1.04 bits per heavy atom. The number of fused-ring (bicyclic) bond motifs is 3. The van der Waals surface area contributed by atoms with Gasteiger partial charge in [0.15, 0.2) is 0 Å². The second kappa shape index (κ2) is 4.94. The number of imidazole rings is 1. The van der Waals surface area contributed by atoms with Crippen LogP contribution in [0.15, 0.2) is 48.5 Å². The first-order chi connectivity index (χ1) is 11.8. The molecule has 1 saturated carbocycles. The topological polar surface area (TPSA) is 57.8 Å². The molecule has 1 amide bonds. The van der Waals surface area contributed by atoms with Crippen LogP contribution < -0.4 is 5.32 Å². The van der Waals surface area contributed by atoms with Crippen molar-refractivity contribution >= 4 is 22.6 Å². The Morgan fingerprint density at radius 3 is 2.79 bits per heavy atom. The second-order valence-corrected chi connectivity index (χ2v) is 6.91. The molecule has 2 atom stereocenters. The average Bonchev–Trinajstić information content (AvgIpc) is 3.16. The first-order valence-electron chi connectivity index (χ1n) is 8.65. The summed E-state index contributed by atoms with van der Waals surface area (Å²) < 4.78 is 0. The highest BCUT2D eigenvalue weighted by atomic mass is 16.2. The molecule has 5 rings (SSSR count). The normalized spacial score (nSPS) is 25.8. The molecule has 1 aliphatic carbocycles. The van der Waals surface area contributed by atoms with Gasteiger partial charge in [0, 0.05) is 11.6 Å². The standard InChI is InChI=1S/C20H19N3O/c24-19-20(13-7-1-2-9-15(13)23-19)12-6-5-8-14(20)18-21-16-10-3-4-11-17(16)22-18/h1-4,7,9-11,14H,5-6,8,12H2,(H,21,22)(H,23,24). The molecular formula is C20H19N3O. The lowest BCUT2D eigenvalue weighted by Gasteiger charge is -2.38. The summed E-state index contributed by atoms with van der Waals surface area (Å²) in [4.78, 5) is 21.4. The molecule has 24 heavy (non-hydrogen) atoms. The van der Waals surface area contributed by atoms with E-state index in [0.29, 0.717) is 0 Å². The van der Waals surface area contributed by atoms with E-state index in [1.54, 1.807) is 0 Å². The lowest BCUT2D eigenvalue weighted by Crippen LogP contribution is -2.43. The fraction of sp³-hybridized carbons (Fsp3) is 0.300. The summed E-state index contributed by atoms with van der Waals surface area (Å²) in [5.74, 6) is 1.18. The van der Waals surface area contributed by atoms with Gasteiger partial charge < -0.3 is 10.3 Å². The van der Waals surface area contributed by atoms with Gasteiger partial charge in [-0.3, -0.25) is 4.79 Å². The second-order valence-electron chi connectivity index (χ2n) is 6.91. The number of anilines is 1. The number of H-pyrrole nitrogens is 1. The number of hydrogen-bond donors (Lipinski definition) is 2. The van der Waals surface area contributed by atoms with Crippen LogP contribution in [0.3, 0.4) is 0 Å². The number of nitrogens with one attached hydrogen (secondary N) is 2. The Bertz CT molecular complexity index is 912. The van der Waals surface area contributed by atoms with Crippen molar-refractivity contribution in [1.29, 1.82) is 0 Å². The lowest BCUT2D eigenvalue weighted by atomic mass is 9.63. The molecule has 0 saturated heterocycles. The largest absolute Gasteiger partial charge is 0.342 e. The summed E-state index contributed by atoms with van der Waals surface area (Å²) in [5.41, 5.74) is 3.63. The van der Waals surface area contributed by atoms with E-state index in [1.807, 2.05) is 42.5 Å². The summed E-state index contributed by atoms with van der Waals surface area (Å²) in [6.45, 7) is 0. The Morgan fingerprint density at radius 2 is 1.88 bits per heavy atom. The lowest BCUT2D eigenvalue weighted by molar-refractivity contribution is -0.122. The summed E-state index contributed by atoms with van der Waals surface area (Å²) in [6.07, 6.45) is 4.09.